The number of likely N-dealkylation sites (N-methyl/N-ethyl adjacent to an activating group) is 1. The Morgan fingerprint density at radius 1 is 0.558 bits per heavy atom. The van der Waals surface area contributed by atoms with Gasteiger partial charge in [-0.3, -0.25) is 9.59 Å². The van der Waals surface area contributed by atoms with Crippen molar-refractivity contribution in [3.05, 3.63) is 12.2 Å². The summed E-state index contributed by atoms with van der Waals surface area (Å²) in [6.45, 7) is 4.72. The fraction of sp³-hybridized carbons (Fsp3) is 0.884. The monoisotopic (exact) mass is 740 g/mol. The van der Waals surface area contributed by atoms with E-state index in [-0.39, 0.29) is 32.2 Å². The second-order valence-corrected chi connectivity index (χ2v) is 15.6. The summed E-state index contributed by atoms with van der Waals surface area (Å²) in [4.78, 5) is 36.8. The van der Waals surface area contributed by atoms with Crippen molar-refractivity contribution in [1.82, 2.24) is 0 Å². The van der Waals surface area contributed by atoms with Gasteiger partial charge >= 0.3 is 11.9 Å². The van der Waals surface area contributed by atoms with E-state index in [9.17, 15) is 19.5 Å². The Balaban J connectivity index is 4.48. The van der Waals surface area contributed by atoms with Crippen molar-refractivity contribution in [2.24, 2.45) is 0 Å². The van der Waals surface area contributed by atoms with Crippen LogP contribution < -0.4 is 5.11 Å². The van der Waals surface area contributed by atoms with E-state index >= 15 is 0 Å². The first-order valence-corrected chi connectivity index (χ1v) is 21.3. The summed E-state index contributed by atoms with van der Waals surface area (Å²) in [5, 5.41) is 11.7. The molecule has 2 atom stereocenters. The van der Waals surface area contributed by atoms with Gasteiger partial charge in [0.05, 0.1) is 40.3 Å². The molecule has 0 aliphatic heterocycles. The zero-order valence-electron chi connectivity index (χ0n) is 34.4. The van der Waals surface area contributed by atoms with E-state index in [2.05, 4.69) is 26.0 Å². The zero-order chi connectivity index (χ0) is 38.5. The molecule has 0 aromatic heterocycles. The molecule has 0 aliphatic carbocycles. The van der Waals surface area contributed by atoms with E-state index in [1.165, 1.54) is 103 Å². The molecule has 52 heavy (non-hydrogen) atoms. The molecule has 2 unspecified atom stereocenters. The van der Waals surface area contributed by atoms with Gasteiger partial charge in [0.15, 0.2) is 12.4 Å². The largest absolute Gasteiger partial charge is 0.545 e. The number of quaternary nitrogens is 1. The number of unbranched alkanes of at least 4 members (excludes halogenated alkanes) is 22. The van der Waals surface area contributed by atoms with E-state index in [1.807, 2.05) is 21.1 Å². The van der Waals surface area contributed by atoms with Crippen molar-refractivity contribution in [3.63, 3.8) is 0 Å². The highest BCUT2D eigenvalue weighted by Gasteiger charge is 2.21. The molecule has 0 saturated heterocycles. The molecule has 0 radical (unpaired) electrons. The Morgan fingerprint density at radius 3 is 1.42 bits per heavy atom. The summed E-state index contributed by atoms with van der Waals surface area (Å²) in [6, 6.07) is 0. The van der Waals surface area contributed by atoms with Crippen LogP contribution >= 0.6 is 0 Å². The lowest BCUT2D eigenvalue weighted by molar-refractivity contribution is -0.870. The number of rotatable bonds is 39. The van der Waals surface area contributed by atoms with Crippen molar-refractivity contribution in [1.29, 1.82) is 0 Å². The molecule has 306 valence electrons. The van der Waals surface area contributed by atoms with Crippen LogP contribution in [0.1, 0.15) is 187 Å². The number of carbonyl (C=O) groups excluding carboxylic acids is 3. The highest BCUT2D eigenvalue weighted by molar-refractivity contribution is 5.70. The predicted octanol–water partition coefficient (Wildman–Crippen LogP) is 9.39. The lowest BCUT2D eigenvalue weighted by atomic mass is 10.0. The van der Waals surface area contributed by atoms with Crippen LogP contribution in [0.3, 0.4) is 0 Å². The molecule has 0 N–H and O–H groups in total. The Kier molecular flexibility index (Phi) is 34.7. The molecule has 0 aliphatic rings. The first-order valence-electron chi connectivity index (χ1n) is 21.3. The Labute approximate surface area is 319 Å². The number of carboxylic acid groups (broad SMARTS) is 1. The summed E-state index contributed by atoms with van der Waals surface area (Å²) in [6.07, 6.45) is 32.3. The van der Waals surface area contributed by atoms with E-state index < -0.39 is 24.3 Å². The number of carbonyl (C=O) groups is 3. The van der Waals surface area contributed by atoms with Gasteiger partial charge in [-0.1, -0.05) is 148 Å². The minimum Gasteiger partial charge on any atom is -0.545 e. The van der Waals surface area contributed by atoms with Gasteiger partial charge in [-0.2, -0.15) is 0 Å². The first kappa shape index (κ1) is 50.0. The highest BCUT2D eigenvalue weighted by Crippen LogP contribution is 2.14. The van der Waals surface area contributed by atoms with Gasteiger partial charge in [-0.25, -0.2) is 0 Å². The third kappa shape index (κ3) is 36.4. The topological polar surface area (TPSA) is 111 Å². The van der Waals surface area contributed by atoms with Crippen molar-refractivity contribution in [2.45, 2.75) is 200 Å². The summed E-state index contributed by atoms with van der Waals surface area (Å²) >= 11 is 0. The molecule has 0 fully saturated rings. The average molecular weight is 740 g/mol. The van der Waals surface area contributed by atoms with Crippen LogP contribution in [0.15, 0.2) is 12.2 Å². The average Bonchev–Trinajstić information content (AvgIpc) is 3.09. The maximum Gasteiger partial charge on any atom is 0.306 e. The maximum atomic E-state index is 12.7. The van der Waals surface area contributed by atoms with Crippen LogP contribution in [0.4, 0.5) is 0 Å². The molecule has 0 bridgehead atoms. The van der Waals surface area contributed by atoms with Crippen LogP contribution in [0.5, 0.6) is 0 Å². The molecule has 0 amide bonds. The number of ether oxygens (including phenoxy) is 4. The van der Waals surface area contributed by atoms with Crippen molar-refractivity contribution >= 4 is 17.9 Å². The summed E-state index contributed by atoms with van der Waals surface area (Å²) in [5.41, 5.74) is 0. The normalized spacial score (nSPS) is 13.0. The van der Waals surface area contributed by atoms with Crippen LogP contribution in [-0.2, 0) is 33.3 Å². The number of hydrogen-bond acceptors (Lipinski definition) is 8. The lowest BCUT2D eigenvalue weighted by Crippen LogP contribution is -2.44. The van der Waals surface area contributed by atoms with E-state index in [0.717, 1.165) is 51.4 Å². The lowest BCUT2D eigenvalue weighted by Gasteiger charge is -2.26. The minimum absolute atomic E-state index is 0.149. The molecule has 9 nitrogen and oxygen atoms in total. The number of hydrogen-bond donors (Lipinski definition) is 0. The Bertz CT molecular complexity index is 872. The van der Waals surface area contributed by atoms with Gasteiger partial charge in [-0.05, 0) is 38.5 Å². The van der Waals surface area contributed by atoms with Gasteiger partial charge in [0.25, 0.3) is 0 Å². The van der Waals surface area contributed by atoms with Gasteiger partial charge in [0, 0.05) is 12.8 Å². The SMILES string of the molecule is CCCCCCCC/C=C\CCCCCCCC(=O)OC(COC(=O)CCCCCCCCCCCCCC)COC(OCC[N+](C)(C)C)C(=O)[O-]. The molecule has 0 aromatic rings. The molecule has 0 aromatic carbocycles. The number of allylic oxidation sites excluding steroid dienone is 2. The maximum absolute atomic E-state index is 12.7. The van der Waals surface area contributed by atoms with Crippen molar-refractivity contribution in [3.8, 4) is 0 Å². The third-order valence-corrected chi connectivity index (χ3v) is 9.26. The van der Waals surface area contributed by atoms with Gasteiger partial charge in [0.2, 0.25) is 0 Å². The first-order chi connectivity index (χ1) is 25.1. The molecular weight excluding hydrogens is 658 g/mol. The second-order valence-electron chi connectivity index (χ2n) is 15.6. The van der Waals surface area contributed by atoms with Crippen molar-refractivity contribution < 1.29 is 42.9 Å². The van der Waals surface area contributed by atoms with Gasteiger partial charge < -0.3 is 33.3 Å². The molecule has 0 rings (SSSR count). The van der Waals surface area contributed by atoms with Crippen molar-refractivity contribution in [2.75, 3.05) is 47.5 Å². The standard InChI is InChI=1S/C43H81NO8/c1-6-8-10-12-14-16-18-20-21-22-24-26-28-30-32-34-41(46)52-39(38-51-43(42(47)48)49-36-35-44(3,4)5)37-50-40(45)33-31-29-27-25-23-19-17-15-13-11-9-7-2/h20-21,39,43H,6-19,22-38H2,1-5H3/b21-20-. The van der Waals surface area contributed by atoms with Crippen LogP contribution in [0, 0.1) is 0 Å². The smallest absolute Gasteiger partial charge is 0.306 e. The highest BCUT2D eigenvalue weighted by atomic mass is 16.7. The second kappa shape index (κ2) is 36.0. The van der Waals surface area contributed by atoms with E-state index in [0.29, 0.717) is 23.9 Å². The quantitative estimate of drug-likeness (QED) is 0.0202. The van der Waals surface area contributed by atoms with Gasteiger partial charge in [0.1, 0.15) is 13.2 Å². The fourth-order valence-electron chi connectivity index (χ4n) is 5.88. The molecule has 0 heterocycles. The fourth-order valence-corrected chi connectivity index (χ4v) is 5.88. The number of nitrogens with zero attached hydrogens (tertiary/aromatic N) is 1. The van der Waals surface area contributed by atoms with E-state index in [4.69, 9.17) is 18.9 Å². The zero-order valence-corrected chi connectivity index (χ0v) is 34.4. The van der Waals surface area contributed by atoms with E-state index in [1.54, 1.807) is 0 Å². The summed E-state index contributed by atoms with van der Waals surface area (Å²) in [5.74, 6) is -2.29. The van der Waals surface area contributed by atoms with Crippen LogP contribution in [0.25, 0.3) is 0 Å². The number of esters is 2. The summed E-state index contributed by atoms with van der Waals surface area (Å²) < 4.78 is 22.5. The van der Waals surface area contributed by atoms with Crippen LogP contribution in [0.2, 0.25) is 0 Å². The Hall–Kier alpha value is -1.97. The minimum atomic E-state index is -1.62. The predicted molar refractivity (Wildman–Crippen MR) is 210 cm³/mol. The molecule has 0 saturated carbocycles. The van der Waals surface area contributed by atoms with Crippen LogP contribution in [-0.4, -0.2) is 82.3 Å². The molecule has 0 spiro atoms. The molecular formula is C43H81NO8. The number of carboxylic acids is 1. The summed E-state index contributed by atoms with van der Waals surface area (Å²) in [7, 11) is 5.90. The third-order valence-electron chi connectivity index (χ3n) is 9.26. The van der Waals surface area contributed by atoms with Gasteiger partial charge in [-0.15, -0.1) is 0 Å². The Morgan fingerprint density at radius 2 is 0.981 bits per heavy atom. The number of aliphatic carboxylic acids is 1. The molecule has 9 heteroatoms.